The summed E-state index contributed by atoms with van der Waals surface area (Å²) in [4.78, 5) is 34.8. The number of anilines is 1. The van der Waals surface area contributed by atoms with Crippen molar-refractivity contribution in [3.8, 4) is 17.1 Å². The maximum absolute atomic E-state index is 14.4. The van der Waals surface area contributed by atoms with E-state index in [2.05, 4.69) is 25.7 Å². The zero-order valence-corrected chi connectivity index (χ0v) is 24.6. The molecule has 3 aromatic carbocycles. The first-order valence-electron chi connectivity index (χ1n) is 14.6. The van der Waals surface area contributed by atoms with Crippen LogP contribution < -0.4 is 15.0 Å². The molecule has 0 saturated heterocycles. The Hall–Kier alpha value is -4.99. The van der Waals surface area contributed by atoms with Crippen LogP contribution in [0.4, 0.5) is 5.69 Å². The van der Waals surface area contributed by atoms with Gasteiger partial charge in [0.25, 0.3) is 5.91 Å². The first-order valence-corrected chi connectivity index (χ1v) is 14.6. The number of fused-ring (bicyclic) bond motifs is 1. The number of ether oxygens (including phenoxy) is 1. The Morgan fingerprint density at radius 2 is 1.79 bits per heavy atom. The van der Waals surface area contributed by atoms with E-state index in [1.807, 2.05) is 86.8 Å². The van der Waals surface area contributed by atoms with Gasteiger partial charge >= 0.3 is 0 Å². The number of H-pyrrole nitrogens is 1. The summed E-state index contributed by atoms with van der Waals surface area (Å²) in [5.41, 5.74) is 4.89. The molecule has 0 spiro atoms. The average Bonchev–Trinajstić information content (AvgIpc) is 3.78. The molecule has 0 aliphatic heterocycles. The molecule has 1 saturated carbocycles. The summed E-state index contributed by atoms with van der Waals surface area (Å²) in [5.74, 6) is 0.262. The smallest absolute Gasteiger partial charge is 0.251 e. The van der Waals surface area contributed by atoms with Crippen LogP contribution in [0, 0.1) is 13.8 Å². The van der Waals surface area contributed by atoms with Crippen LogP contribution in [-0.4, -0.2) is 50.2 Å². The Balaban J connectivity index is 1.44. The topological polar surface area (TPSA) is 118 Å². The van der Waals surface area contributed by atoms with E-state index in [0.717, 1.165) is 53.3 Å². The highest BCUT2D eigenvalue weighted by Gasteiger charge is 2.37. The number of rotatable bonds is 9. The molecule has 2 aromatic heterocycles. The number of hydrogen-bond donors (Lipinski definition) is 2. The number of benzene rings is 3. The highest BCUT2D eigenvalue weighted by Crippen LogP contribution is 2.38. The van der Waals surface area contributed by atoms with Gasteiger partial charge in [-0.15, -0.1) is 10.2 Å². The zero-order valence-electron chi connectivity index (χ0n) is 24.6. The Bertz CT molecular complexity index is 1750. The molecule has 10 heteroatoms. The Kier molecular flexibility index (Phi) is 7.91. The third kappa shape index (κ3) is 5.86. The van der Waals surface area contributed by atoms with Crippen LogP contribution in [-0.2, 0) is 16.1 Å². The third-order valence-corrected chi connectivity index (χ3v) is 8.03. The van der Waals surface area contributed by atoms with Gasteiger partial charge in [0.2, 0.25) is 11.7 Å². The maximum Gasteiger partial charge on any atom is 0.251 e. The number of aromatic amines is 1. The molecule has 0 unspecified atom stereocenters. The first-order chi connectivity index (χ1) is 20.9. The summed E-state index contributed by atoms with van der Waals surface area (Å²) in [5, 5.41) is 17.0. The minimum absolute atomic E-state index is 0.0608. The van der Waals surface area contributed by atoms with Crippen molar-refractivity contribution in [3.63, 3.8) is 0 Å². The quantitative estimate of drug-likeness (QED) is 0.246. The lowest BCUT2D eigenvalue weighted by Gasteiger charge is -2.33. The van der Waals surface area contributed by atoms with Crippen molar-refractivity contribution in [1.82, 2.24) is 30.5 Å². The molecule has 1 aliphatic carbocycles. The second kappa shape index (κ2) is 12.1. The zero-order chi connectivity index (χ0) is 29.9. The lowest BCUT2D eigenvalue weighted by atomic mass is 10.0. The first kappa shape index (κ1) is 28.1. The number of aryl methyl sites for hydroxylation is 2. The molecule has 5 aromatic rings. The minimum atomic E-state index is -0.986. The van der Waals surface area contributed by atoms with Crippen LogP contribution in [0.5, 0.6) is 5.75 Å². The van der Waals surface area contributed by atoms with E-state index in [4.69, 9.17) is 4.74 Å². The molecule has 2 heterocycles. The van der Waals surface area contributed by atoms with Crippen LogP contribution in [0.3, 0.4) is 0 Å². The fraction of sp³-hybridized carbons (Fsp3) is 0.303. The predicted octanol–water partition coefficient (Wildman–Crippen LogP) is 5.28. The van der Waals surface area contributed by atoms with Gasteiger partial charge in [-0.05, 0) is 55.7 Å². The van der Waals surface area contributed by atoms with Gasteiger partial charge in [-0.2, -0.15) is 4.80 Å². The largest absolute Gasteiger partial charge is 0.495 e. The number of carbonyl (C=O) groups is 2. The number of tetrazole rings is 1. The van der Waals surface area contributed by atoms with Crippen LogP contribution in [0.2, 0.25) is 0 Å². The summed E-state index contributed by atoms with van der Waals surface area (Å²) >= 11 is 0. The number of para-hydroxylation sites is 1. The molecule has 220 valence electrons. The van der Waals surface area contributed by atoms with Gasteiger partial charge in [0, 0.05) is 34.3 Å². The van der Waals surface area contributed by atoms with Crippen LogP contribution >= 0.6 is 0 Å². The number of nitrogens with one attached hydrogen (secondary N) is 2. The van der Waals surface area contributed by atoms with Gasteiger partial charge in [0.15, 0.2) is 0 Å². The summed E-state index contributed by atoms with van der Waals surface area (Å²) in [6.45, 7) is 3.72. The van der Waals surface area contributed by atoms with Gasteiger partial charge in [-0.25, -0.2) is 0 Å². The fourth-order valence-electron chi connectivity index (χ4n) is 5.80. The van der Waals surface area contributed by atoms with Crippen molar-refractivity contribution < 1.29 is 14.3 Å². The number of amides is 2. The number of methoxy groups -OCH3 is 1. The van der Waals surface area contributed by atoms with Gasteiger partial charge in [-0.1, -0.05) is 66.9 Å². The molecule has 2 amide bonds. The second-order valence-electron chi connectivity index (χ2n) is 11.1. The molecule has 0 bridgehead atoms. The molecule has 1 atom stereocenters. The monoisotopic (exact) mass is 577 g/mol. The molecular weight excluding hydrogens is 542 g/mol. The third-order valence-electron chi connectivity index (χ3n) is 8.03. The van der Waals surface area contributed by atoms with Crippen molar-refractivity contribution in [3.05, 3.63) is 89.6 Å². The molecule has 2 N–H and O–H groups in total. The standard InChI is InChI=1S/C33H35N7O3/c1-21-12-15-23(16-13-21)32-36-38-39(37-32)20-30(41)40(28-18-22(2)14-17-29(28)43-3)31(33(42)35-24-8-4-5-9-24)26-19-34-27-11-7-6-10-25(26)27/h6-7,10-19,24,31,34H,4-5,8-9,20H2,1-3H3,(H,35,42)/t31-/m0/s1. The van der Waals surface area contributed by atoms with Gasteiger partial charge < -0.3 is 15.0 Å². The molecular formula is C33H35N7O3. The average molecular weight is 578 g/mol. The SMILES string of the molecule is COc1ccc(C)cc1N(C(=O)Cn1nnc(-c2ccc(C)cc2)n1)[C@H](C(=O)NC1CCCC1)c1c[nH]c2ccccc12. The maximum atomic E-state index is 14.4. The van der Waals surface area contributed by atoms with E-state index in [0.29, 0.717) is 22.8 Å². The number of aromatic nitrogens is 5. The van der Waals surface area contributed by atoms with E-state index in [1.54, 1.807) is 7.11 Å². The Labute approximate surface area is 250 Å². The number of carbonyl (C=O) groups excluding carboxylic acids is 2. The lowest BCUT2D eigenvalue weighted by Crippen LogP contribution is -2.47. The highest BCUT2D eigenvalue weighted by atomic mass is 16.5. The number of nitrogens with zero attached hydrogens (tertiary/aromatic N) is 5. The van der Waals surface area contributed by atoms with E-state index in [-0.39, 0.29) is 24.4 Å². The van der Waals surface area contributed by atoms with E-state index >= 15 is 0 Å². The number of hydrogen-bond acceptors (Lipinski definition) is 6. The van der Waals surface area contributed by atoms with E-state index in [1.165, 1.54) is 9.70 Å². The highest BCUT2D eigenvalue weighted by molar-refractivity contribution is 6.04. The van der Waals surface area contributed by atoms with Crippen LogP contribution in [0.15, 0.2) is 72.9 Å². The van der Waals surface area contributed by atoms with Crippen LogP contribution in [0.25, 0.3) is 22.3 Å². The molecule has 1 fully saturated rings. The van der Waals surface area contributed by atoms with Crippen LogP contribution in [0.1, 0.15) is 48.4 Å². The van der Waals surface area contributed by atoms with Gasteiger partial charge in [0.05, 0.1) is 12.8 Å². The fourth-order valence-corrected chi connectivity index (χ4v) is 5.80. The summed E-state index contributed by atoms with van der Waals surface area (Å²) in [6, 6.07) is 20.2. The summed E-state index contributed by atoms with van der Waals surface area (Å²) in [6.07, 6.45) is 5.78. The molecule has 10 nitrogen and oxygen atoms in total. The van der Waals surface area contributed by atoms with E-state index < -0.39 is 6.04 Å². The molecule has 6 rings (SSSR count). The summed E-state index contributed by atoms with van der Waals surface area (Å²) in [7, 11) is 1.56. The van der Waals surface area contributed by atoms with E-state index in [9.17, 15) is 9.59 Å². The van der Waals surface area contributed by atoms with Crippen molar-refractivity contribution in [2.24, 2.45) is 0 Å². The van der Waals surface area contributed by atoms with Crippen molar-refractivity contribution in [1.29, 1.82) is 0 Å². The normalized spacial score (nSPS) is 14.1. The predicted molar refractivity (Wildman–Crippen MR) is 165 cm³/mol. The lowest BCUT2D eigenvalue weighted by molar-refractivity contribution is -0.127. The minimum Gasteiger partial charge on any atom is -0.495 e. The molecule has 1 aliphatic rings. The molecule has 43 heavy (non-hydrogen) atoms. The van der Waals surface area contributed by atoms with Crippen molar-refractivity contribution in [2.75, 3.05) is 12.0 Å². The van der Waals surface area contributed by atoms with Crippen molar-refractivity contribution in [2.45, 2.75) is 58.2 Å². The second-order valence-corrected chi connectivity index (χ2v) is 11.1. The Morgan fingerprint density at radius 1 is 1.05 bits per heavy atom. The van der Waals surface area contributed by atoms with Gasteiger partial charge in [0.1, 0.15) is 18.3 Å². The molecule has 0 radical (unpaired) electrons. The summed E-state index contributed by atoms with van der Waals surface area (Å²) < 4.78 is 5.74. The van der Waals surface area contributed by atoms with Crippen molar-refractivity contribution >= 4 is 28.4 Å². The van der Waals surface area contributed by atoms with Gasteiger partial charge in [-0.3, -0.25) is 14.5 Å². The Morgan fingerprint density at radius 3 is 2.56 bits per heavy atom.